The average molecular weight is 572 g/mol. The Morgan fingerprint density at radius 2 is 1.37 bits per heavy atom. The van der Waals surface area contributed by atoms with Gasteiger partial charge in [0, 0.05) is 28.4 Å². The number of phenolic OH excluding ortho intramolecular Hbond substituents is 1. The molecule has 5 rings (SSSR count). The summed E-state index contributed by atoms with van der Waals surface area (Å²) in [4.78, 5) is 4.00. The van der Waals surface area contributed by atoms with Crippen molar-refractivity contribution in [2.45, 2.75) is 93.8 Å². The molecule has 1 saturated heterocycles. The maximum absolute atomic E-state index is 10.0. The van der Waals surface area contributed by atoms with Crippen molar-refractivity contribution in [3.63, 3.8) is 0 Å². The van der Waals surface area contributed by atoms with E-state index in [0.29, 0.717) is 6.61 Å². The van der Waals surface area contributed by atoms with Crippen molar-refractivity contribution < 1.29 is 9.84 Å². The number of hydrogen-bond acceptors (Lipinski definition) is 4. The van der Waals surface area contributed by atoms with E-state index in [-0.39, 0.29) is 17.6 Å². The highest BCUT2D eigenvalue weighted by Crippen LogP contribution is 2.47. The third-order valence-electron chi connectivity index (χ3n) is 8.96. The largest absolute Gasteiger partial charge is 0.508 e. The molecule has 1 N–H and O–H groups in total. The first-order chi connectivity index (χ1) is 20.3. The highest BCUT2D eigenvalue weighted by molar-refractivity contribution is 7.99. The van der Waals surface area contributed by atoms with Gasteiger partial charge >= 0.3 is 0 Å². The van der Waals surface area contributed by atoms with Gasteiger partial charge in [-0.15, -0.1) is 11.8 Å². The molecule has 0 spiro atoms. The second-order valence-corrected chi connectivity index (χ2v) is 13.2. The van der Waals surface area contributed by atoms with Gasteiger partial charge in [-0.2, -0.15) is 0 Å². The first-order valence-corrected chi connectivity index (χ1v) is 17.2. The minimum atomic E-state index is 0.204. The number of nitrogens with zero attached hydrogens (tertiary/aromatic N) is 1. The number of hydrogen-bond donors (Lipinski definition) is 1. The quantitative estimate of drug-likeness (QED) is 0.137. The molecule has 41 heavy (non-hydrogen) atoms. The fourth-order valence-electron chi connectivity index (χ4n) is 6.62. The van der Waals surface area contributed by atoms with Gasteiger partial charge in [0.2, 0.25) is 0 Å². The summed E-state index contributed by atoms with van der Waals surface area (Å²) in [6.45, 7) is 4.65. The van der Waals surface area contributed by atoms with Crippen LogP contribution in [0.5, 0.6) is 11.5 Å². The molecule has 0 saturated carbocycles. The molecule has 2 heterocycles. The zero-order valence-corrected chi connectivity index (χ0v) is 25.6. The van der Waals surface area contributed by atoms with Gasteiger partial charge in [-0.1, -0.05) is 99.9 Å². The molecule has 3 nitrogen and oxygen atoms in total. The number of unbranched alkanes of at least 4 members (excludes halogenated alkanes) is 9. The second-order valence-electron chi connectivity index (χ2n) is 12.0. The molecule has 0 bridgehead atoms. The highest BCUT2D eigenvalue weighted by atomic mass is 32.2. The van der Waals surface area contributed by atoms with Gasteiger partial charge in [0.25, 0.3) is 0 Å². The number of fused-ring (bicyclic) bond motifs is 1. The van der Waals surface area contributed by atoms with Gasteiger partial charge < -0.3 is 14.7 Å². The molecule has 3 aromatic rings. The van der Waals surface area contributed by atoms with Crippen LogP contribution in [-0.4, -0.2) is 42.0 Å². The Morgan fingerprint density at radius 1 is 0.707 bits per heavy atom. The molecule has 0 unspecified atom stereocenters. The van der Waals surface area contributed by atoms with Gasteiger partial charge in [0.1, 0.15) is 11.5 Å². The van der Waals surface area contributed by atoms with Crippen molar-refractivity contribution >= 4 is 11.8 Å². The number of benzene rings is 3. The minimum absolute atomic E-state index is 0.204. The zero-order chi connectivity index (χ0) is 28.1. The lowest BCUT2D eigenvalue weighted by molar-refractivity contribution is 0.248. The Labute approximate surface area is 252 Å². The third-order valence-corrected chi connectivity index (χ3v) is 10.1. The van der Waals surface area contributed by atoms with Crippen LogP contribution in [0, 0.1) is 0 Å². The molecule has 0 aliphatic carbocycles. The van der Waals surface area contributed by atoms with Crippen LogP contribution < -0.4 is 4.74 Å². The Balaban J connectivity index is 1.00. The van der Waals surface area contributed by atoms with Crippen LogP contribution in [0.15, 0.2) is 77.7 Å². The van der Waals surface area contributed by atoms with Crippen molar-refractivity contribution in [3.8, 4) is 11.5 Å². The monoisotopic (exact) mass is 571 g/mol. The number of thioether (sulfide) groups is 1. The molecule has 3 aromatic carbocycles. The molecule has 0 radical (unpaired) electrons. The number of aromatic hydroxyl groups is 1. The molecule has 1 fully saturated rings. The molecule has 0 amide bonds. The molecular weight excluding hydrogens is 522 g/mol. The van der Waals surface area contributed by atoms with Crippen LogP contribution in [-0.2, 0) is 0 Å². The second kappa shape index (κ2) is 16.3. The Morgan fingerprint density at radius 3 is 2.07 bits per heavy atom. The summed E-state index contributed by atoms with van der Waals surface area (Å²) in [5, 5.41) is 10.0. The third kappa shape index (κ3) is 9.03. The molecule has 4 heteroatoms. The fourth-order valence-corrected chi connectivity index (χ4v) is 7.53. The Kier molecular flexibility index (Phi) is 11.9. The van der Waals surface area contributed by atoms with Gasteiger partial charge in [-0.25, -0.2) is 0 Å². The maximum atomic E-state index is 10.0. The number of ether oxygens (including phenoxy) is 1. The summed E-state index contributed by atoms with van der Waals surface area (Å²) in [6.07, 6.45) is 16.8. The molecule has 2 aliphatic rings. The van der Waals surface area contributed by atoms with Crippen LogP contribution in [0.4, 0.5) is 0 Å². The first kappa shape index (κ1) is 30.0. The smallest absolute Gasteiger partial charge is 0.126 e. The van der Waals surface area contributed by atoms with E-state index in [1.165, 1.54) is 118 Å². The van der Waals surface area contributed by atoms with E-state index in [0.717, 1.165) is 11.3 Å². The van der Waals surface area contributed by atoms with Crippen molar-refractivity contribution in [1.29, 1.82) is 0 Å². The van der Waals surface area contributed by atoms with E-state index in [1.54, 1.807) is 12.1 Å². The van der Waals surface area contributed by atoms with E-state index in [4.69, 9.17) is 4.74 Å². The SMILES string of the molecule is Oc1ccc2c(c1)OC[C@@H](c1ccccc1)[C@H]2c1ccc(SCCCCCCCCCCCCN2CCCC2)cc1. The van der Waals surface area contributed by atoms with E-state index in [9.17, 15) is 5.11 Å². The standard InChI is InChI=1S/C37H49NO2S/c39-32-20-23-34-36(28-32)40-29-35(30-16-10-9-11-17-30)37(34)31-18-21-33(22-19-31)41-27-15-8-6-4-2-1-3-5-7-12-24-38-25-13-14-26-38/h9-11,16-23,28,35,37,39H,1-8,12-15,24-27,29H2/t35-,37-/m0/s1. The first-order valence-electron chi connectivity index (χ1n) is 16.2. The van der Waals surface area contributed by atoms with Gasteiger partial charge in [-0.3, -0.25) is 0 Å². The topological polar surface area (TPSA) is 32.7 Å². The molecule has 0 aromatic heterocycles. The maximum Gasteiger partial charge on any atom is 0.126 e. The highest BCUT2D eigenvalue weighted by Gasteiger charge is 2.33. The molecular formula is C37H49NO2S. The predicted molar refractivity (Wildman–Crippen MR) is 174 cm³/mol. The van der Waals surface area contributed by atoms with E-state index in [2.05, 4.69) is 59.5 Å². The summed E-state index contributed by atoms with van der Waals surface area (Å²) in [6, 6.07) is 25.5. The summed E-state index contributed by atoms with van der Waals surface area (Å²) in [5.74, 6) is 2.70. The van der Waals surface area contributed by atoms with Gasteiger partial charge in [0.05, 0.1) is 6.61 Å². The van der Waals surface area contributed by atoms with Crippen LogP contribution in [0.2, 0.25) is 0 Å². The van der Waals surface area contributed by atoms with Crippen molar-refractivity contribution in [2.24, 2.45) is 0 Å². The Bertz CT molecular complexity index is 1160. The normalized spacial score (nSPS) is 18.7. The summed E-state index contributed by atoms with van der Waals surface area (Å²) in [5.41, 5.74) is 3.76. The summed E-state index contributed by atoms with van der Waals surface area (Å²) >= 11 is 1.99. The lowest BCUT2D eigenvalue weighted by Crippen LogP contribution is -2.25. The van der Waals surface area contributed by atoms with E-state index in [1.807, 2.05) is 17.8 Å². The van der Waals surface area contributed by atoms with E-state index < -0.39 is 0 Å². The van der Waals surface area contributed by atoms with Crippen molar-refractivity contribution in [3.05, 3.63) is 89.5 Å². The summed E-state index contributed by atoms with van der Waals surface area (Å²) < 4.78 is 6.12. The van der Waals surface area contributed by atoms with E-state index >= 15 is 0 Å². The zero-order valence-electron chi connectivity index (χ0n) is 24.8. The lowest BCUT2D eigenvalue weighted by atomic mass is 9.76. The lowest BCUT2D eigenvalue weighted by Gasteiger charge is -2.34. The average Bonchev–Trinajstić information content (AvgIpc) is 3.53. The van der Waals surface area contributed by atoms with Gasteiger partial charge in [0.15, 0.2) is 0 Å². The Hall–Kier alpha value is -2.43. The van der Waals surface area contributed by atoms with Crippen LogP contribution in [0.25, 0.3) is 0 Å². The number of rotatable bonds is 16. The van der Waals surface area contributed by atoms with Crippen molar-refractivity contribution in [2.75, 3.05) is 32.0 Å². The predicted octanol–water partition coefficient (Wildman–Crippen LogP) is 9.79. The molecule has 2 aliphatic heterocycles. The fraction of sp³-hybridized carbons (Fsp3) is 0.514. The molecule has 2 atom stereocenters. The van der Waals surface area contributed by atoms with Crippen LogP contribution in [0.1, 0.15) is 106 Å². The number of phenols is 1. The van der Waals surface area contributed by atoms with Gasteiger partial charge in [-0.05, 0) is 80.4 Å². The van der Waals surface area contributed by atoms with Crippen molar-refractivity contribution in [1.82, 2.24) is 4.90 Å². The minimum Gasteiger partial charge on any atom is -0.508 e. The summed E-state index contributed by atoms with van der Waals surface area (Å²) in [7, 11) is 0. The van der Waals surface area contributed by atoms with Crippen LogP contribution >= 0.6 is 11.8 Å². The number of likely N-dealkylation sites (tertiary alicyclic amines) is 1. The molecule has 220 valence electrons. The van der Waals surface area contributed by atoms with Crippen LogP contribution in [0.3, 0.4) is 0 Å².